The molecule has 3 aromatic rings. The molecule has 21 heavy (non-hydrogen) atoms. The third-order valence-electron chi connectivity index (χ3n) is 3.07. The molecule has 0 fully saturated rings. The van der Waals surface area contributed by atoms with Gasteiger partial charge in [-0.1, -0.05) is 29.1 Å². The molecule has 1 aromatic heterocycles. The smallest absolute Gasteiger partial charge is 0.167 e. The Labute approximate surface area is 121 Å². The van der Waals surface area contributed by atoms with E-state index in [1.165, 1.54) is 6.07 Å². The van der Waals surface area contributed by atoms with Gasteiger partial charge < -0.3 is 9.63 Å². The number of hydrogen-bond acceptors (Lipinski definition) is 3. The van der Waals surface area contributed by atoms with Gasteiger partial charge in [0.25, 0.3) is 0 Å². The Morgan fingerprint density at radius 3 is 2.90 bits per heavy atom. The maximum Gasteiger partial charge on any atom is 0.167 e. The van der Waals surface area contributed by atoms with E-state index in [9.17, 15) is 4.39 Å². The molecule has 0 aliphatic heterocycles. The predicted octanol–water partition coefficient (Wildman–Crippen LogP) is 3.37. The number of para-hydroxylation sites is 1. The molecular weight excluding hydrogens is 269 g/mol. The van der Waals surface area contributed by atoms with Crippen LogP contribution in [0.1, 0.15) is 12.0 Å². The molecule has 0 atom stereocenters. The first-order valence-corrected chi connectivity index (χ1v) is 6.53. The minimum Gasteiger partial charge on any atom is -0.395 e. The Kier molecular flexibility index (Phi) is 3.67. The van der Waals surface area contributed by atoms with Crippen molar-refractivity contribution in [2.45, 2.75) is 6.42 Å². The second-order valence-electron chi connectivity index (χ2n) is 4.50. The summed E-state index contributed by atoms with van der Waals surface area (Å²) in [6.07, 6.45) is 0.388. The lowest BCUT2D eigenvalue weighted by Gasteiger charge is -2.00. The number of halogens is 1. The molecular formula is C17H12FNO2. The van der Waals surface area contributed by atoms with E-state index in [-0.39, 0.29) is 12.4 Å². The SMILES string of the molecule is OCCC#Cc1ccc(F)c(-c2noc3ccccc23)c1. The van der Waals surface area contributed by atoms with E-state index >= 15 is 0 Å². The fourth-order valence-electron chi connectivity index (χ4n) is 2.09. The topological polar surface area (TPSA) is 46.3 Å². The number of aromatic nitrogens is 1. The Hall–Kier alpha value is -2.64. The number of aliphatic hydroxyl groups excluding tert-OH is 1. The minimum absolute atomic E-state index is 0.00890. The number of aliphatic hydroxyl groups is 1. The molecule has 0 aliphatic carbocycles. The summed E-state index contributed by atoms with van der Waals surface area (Å²) in [6.45, 7) is 0.00890. The highest BCUT2D eigenvalue weighted by Crippen LogP contribution is 2.30. The van der Waals surface area contributed by atoms with Gasteiger partial charge in [0.1, 0.15) is 11.5 Å². The average Bonchev–Trinajstić information content (AvgIpc) is 2.93. The highest BCUT2D eigenvalue weighted by molar-refractivity contribution is 5.91. The first kappa shape index (κ1) is 13.3. The van der Waals surface area contributed by atoms with Gasteiger partial charge in [-0.15, -0.1) is 0 Å². The number of rotatable bonds is 2. The van der Waals surface area contributed by atoms with E-state index in [4.69, 9.17) is 9.63 Å². The Bertz CT molecular complexity index is 843. The van der Waals surface area contributed by atoms with E-state index in [0.29, 0.717) is 28.8 Å². The van der Waals surface area contributed by atoms with Crippen LogP contribution in [-0.4, -0.2) is 16.9 Å². The van der Waals surface area contributed by atoms with Crippen LogP contribution in [0.15, 0.2) is 47.0 Å². The van der Waals surface area contributed by atoms with Crippen LogP contribution in [0.4, 0.5) is 4.39 Å². The summed E-state index contributed by atoms with van der Waals surface area (Å²) in [5.41, 5.74) is 2.11. The summed E-state index contributed by atoms with van der Waals surface area (Å²) < 4.78 is 19.3. The molecule has 0 unspecified atom stereocenters. The zero-order valence-electron chi connectivity index (χ0n) is 11.1. The van der Waals surface area contributed by atoms with Crippen LogP contribution in [0.5, 0.6) is 0 Å². The molecule has 0 amide bonds. The lowest BCUT2D eigenvalue weighted by molar-refractivity contribution is 0.305. The maximum absolute atomic E-state index is 14.1. The monoisotopic (exact) mass is 281 g/mol. The third kappa shape index (κ3) is 2.64. The van der Waals surface area contributed by atoms with Crippen molar-refractivity contribution in [2.24, 2.45) is 0 Å². The van der Waals surface area contributed by atoms with Crippen molar-refractivity contribution >= 4 is 11.0 Å². The third-order valence-corrected chi connectivity index (χ3v) is 3.07. The predicted molar refractivity (Wildman–Crippen MR) is 78.0 cm³/mol. The summed E-state index contributed by atoms with van der Waals surface area (Å²) in [7, 11) is 0. The van der Waals surface area contributed by atoms with Gasteiger partial charge >= 0.3 is 0 Å². The van der Waals surface area contributed by atoms with E-state index in [1.54, 1.807) is 18.2 Å². The van der Waals surface area contributed by atoms with E-state index < -0.39 is 0 Å². The number of benzene rings is 2. The maximum atomic E-state index is 14.1. The number of nitrogens with zero attached hydrogens (tertiary/aromatic N) is 1. The van der Waals surface area contributed by atoms with Gasteiger partial charge in [-0.3, -0.25) is 0 Å². The van der Waals surface area contributed by atoms with E-state index in [0.717, 1.165) is 5.39 Å². The molecule has 0 aliphatic rings. The summed E-state index contributed by atoms with van der Waals surface area (Å²) in [5.74, 6) is 5.33. The van der Waals surface area contributed by atoms with Crippen LogP contribution < -0.4 is 0 Å². The molecule has 1 heterocycles. The molecule has 0 radical (unpaired) electrons. The zero-order chi connectivity index (χ0) is 14.7. The van der Waals surface area contributed by atoms with Crippen LogP contribution in [0.2, 0.25) is 0 Å². The first-order valence-electron chi connectivity index (χ1n) is 6.53. The summed E-state index contributed by atoms with van der Waals surface area (Å²) in [4.78, 5) is 0. The van der Waals surface area contributed by atoms with Crippen molar-refractivity contribution in [3.05, 3.63) is 53.8 Å². The molecule has 3 rings (SSSR count). The number of fused-ring (bicyclic) bond motifs is 1. The summed E-state index contributed by atoms with van der Waals surface area (Å²) >= 11 is 0. The van der Waals surface area contributed by atoms with Crippen LogP contribution >= 0.6 is 0 Å². The van der Waals surface area contributed by atoms with Gasteiger partial charge in [0.15, 0.2) is 5.58 Å². The molecule has 2 aromatic carbocycles. The van der Waals surface area contributed by atoms with Crippen molar-refractivity contribution in [2.75, 3.05) is 6.61 Å². The van der Waals surface area contributed by atoms with Crippen LogP contribution in [0.3, 0.4) is 0 Å². The lowest BCUT2D eigenvalue weighted by Crippen LogP contribution is -1.87. The Morgan fingerprint density at radius 2 is 2.05 bits per heavy atom. The normalized spacial score (nSPS) is 10.4. The molecule has 4 heteroatoms. The zero-order valence-corrected chi connectivity index (χ0v) is 11.1. The van der Waals surface area contributed by atoms with Crippen molar-refractivity contribution in [1.82, 2.24) is 5.16 Å². The first-order chi connectivity index (χ1) is 10.3. The second-order valence-corrected chi connectivity index (χ2v) is 4.50. The molecule has 104 valence electrons. The average molecular weight is 281 g/mol. The van der Waals surface area contributed by atoms with Crippen LogP contribution in [0.25, 0.3) is 22.2 Å². The second kappa shape index (κ2) is 5.78. The van der Waals surface area contributed by atoms with Crippen molar-refractivity contribution in [3.63, 3.8) is 0 Å². The van der Waals surface area contributed by atoms with Crippen molar-refractivity contribution in [1.29, 1.82) is 0 Å². The lowest BCUT2D eigenvalue weighted by atomic mass is 10.0. The van der Waals surface area contributed by atoms with E-state index in [2.05, 4.69) is 17.0 Å². The summed E-state index contributed by atoms with van der Waals surface area (Å²) in [5, 5.41) is 13.4. The quantitative estimate of drug-likeness (QED) is 0.733. The summed E-state index contributed by atoms with van der Waals surface area (Å²) in [6, 6.07) is 11.9. The Balaban J connectivity index is 2.10. The molecule has 1 N–H and O–H groups in total. The molecule has 0 bridgehead atoms. The van der Waals surface area contributed by atoms with Gasteiger partial charge in [-0.2, -0.15) is 0 Å². The van der Waals surface area contributed by atoms with Gasteiger partial charge in [-0.05, 0) is 30.3 Å². The molecule has 0 spiro atoms. The molecule has 0 saturated heterocycles. The fourth-order valence-corrected chi connectivity index (χ4v) is 2.09. The number of hydrogen-bond donors (Lipinski definition) is 1. The highest BCUT2D eigenvalue weighted by Gasteiger charge is 2.14. The fraction of sp³-hybridized carbons (Fsp3) is 0.118. The molecule has 0 saturated carbocycles. The largest absolute Gasteiger partial charge is 0.395 e. The van der Waals surface area contributed by atoms with Crippen LogP contribution in [0, 0.1) is 17.7 Å². The molecule has 3 nitrogen and oxygen atoms in total. The highest BCUT2D eigenvalue weighted by atomic mass is 19.1. The Morgan fingerprint density at radius 1 is 1.19 bits per heavy atom. The van der Waals surface area contributed by atoms with Gasteiger partial charge in [-0.25, -0.2) is 4.39 Å². The van der Waals surface area contributed by atoms with Gasteiger partial charge in [0.05, 0.1) is 6.61 Å². The van der Waals surface area contributed by atoms with E-state index in [1.807, 2.05) is 18.2 Å². The van der Waals surface area contributed by atoms with Gasteiger partial charge in [0, 0.05) is 22.9 Å². The van der Waals surface area contributed by atoms with Crippen molar-refractivity contribution < 1.29 is 14.0 Å². The standard InChI is InChI=1S/C17H12FNO2/c18-15-9-8-12(5-3-4-10-20)11-14(15)17-13-6-1-2-7-16(13)21-19-17/h1-2,6-9,11,20H,4,10H2. The van der Waals surface area contributed by atoms with Gasteiger partial charge in [0.2, 0.25) is 0 Å². The van der Waals surface area contributed by atoms with Crippen molar-refractivity contribution in [3.8, 4) is 23.1 Å². The van der Waals surface area contributed by atoms with Crippen LogP contribution in [-0.2, 0) is 0 Å². The minimum atomic E-state index is -0.373.